The molecule has 3 aromatic carbocycles. The second-order valence-corrected chi connectivity index (χ2v) is 8.42. The molecule has 37 heavy (non-hydrogen) atoms. The van der Waals surface area contributed by atoms with Crippen molar-refractivity contribution in [3.8, 4) is 17.6 Å². The topological polar surface area (TPSA) is 108 Å². The van der Waals surface area contributed by atoms with E-state index < -0.39 is 11.9 Å². The fourth-order valence-electron chi connectivity index (χ4n) is 3.45. The highest BCUT2D eigenvalue weighted by atomic mass is 16.5. The van der Waals surface area contributed by atoms with E-state index in [1.807, 2.05) is 42.5 Å². The van der Waals surface area contributed by atoms with Gasteiger partial charge in [-0.25, -0.2) is 4.79 Å². The number of hydrogen-bond acceptors (Lipinski definition) is 5. The molecule has 0 aliphatic rings. The van der Waals surface area contributed by atoms with E-state index in [0.717, 1.165) is 18.4 Å². The molecule has 0 atom stereocenters. The average Bonchev–Trinajstić information content (AvgIpc) is 2.90. The molecule has 0 fully saturated rings. The molecule has 6 heteroatoms. The van der Waals surface area contributed by atoms with E-state index in [4.69, 9.17) is 9.84 Å². The molecule has 3 aromatic rings. The summed E-state index contributed by atoms with van der Waals surface area (Å²) in [6, 6.07) is 22.6. The monoisotopic (exact) mass is 499 g/mol. The van der Waals surface area contributed by atoms with Crippen molar-refractivity contribution >= 4 is 24.1 Å². The fourth-order valence-corrected chi connectivity index (χ4v) is 3.45. The summed E-state index contributed by atoms with van der Waals surface area (Å²) in [5.74, 6) is -1.00. The highest BCUT2D eigenvalue weighted by molar-refractivity contribution is 5.91. The highest BCUT2D eigenvalue weighted by Crippen LogP contribution is 2.25. The van der Waals surface area contributed by atoms with Crippen LogP contribution in [0.2, 0.25) is 0 Å². The van der Waals surface area contributed by atoms with Crippen LogP contribution in [0.25, 0.3) is 12.2 Å². The lowest BCUT2D eigenvalue weighted by Gasteiger charge is -2.08. The van der Waals surface area contributed by atoms with E-state index in [-0.39, 0.29) is 22.6 Å². The highest BCUT2D eigenvalue weighted by Gasteiger charge is 2.13. The molecule has 0 bridgehead atoms. The molecule has 0 radical (unpaired) electrons. The van der Waals surface area contributed by atoms with Crippen LogP contribution >= 0.6 is 0 Å². The third-order valence-electron chi connectivity index (χ3n) is 5.48. The van der Waals surface area contributed by atoms with E-state index >= 15 is 0 Å². The maximum absolute atomic E-state index is 12.3. The van der Waals surface area contributed by atoms with Crippen LogP contribution in [0.5, 0.6) is 11.5 Å². The standard InChI is InChI=1S/C22H15NO3.C9H18O2/c23-15-20-17(10-9-16-5-2-1-3-6-16)7-4-8-21(20)26-22(25)18-11-13-19(24)14-12-18;1-2-3-4-5-6-7-8-9(10)11/h1-14,24H;2-8H2,1H3,(H,10,11). The molecule has 0 aliphatic carbocycles. The summed E-state index contributed by atoms with van der Waals surface area (Å²) in [4.78, 5) is 22.3. The van der Waals surface area contributed by atoms with Crippen molar-refractivity contribution in [3.63, 3.8) is 0 Å². The molecule has 3 rings (SSSR count). The number of carboxylic acids is 1. The lowest BCUT2D eigenvalue weighted by atomic mass is 10.1. The van der Waals surface area contributed by atoms with Gasteiger partial charge in [0.05, 0.1) is 5.56 Å². The Bertz CT molecular complexity index is 1190. The van der Waals surface area contributed by atoms with E-state index in [1.54, 1.807) is 18.2 Å². The van der Waals surface area contributed by atoms with Gasteiger partial charge in [0.1, 0.15) is 23.1 Å². The van der Waals surface area contributed by atoms with Gasteiger partial charge in [-0.05, 0) is 47.9 Å². The van der Waals surface area contributed by atoms with Crippen molar-refractivity contribution in [1.29, 1.82) is 5.26 Å². The van der Waals surface area contributed by atoms with Gasteiger partial charge in [0.25, 0.3) is 0 Å². The molecule has 0 heterocycles. The second-order valence-electron chi connectivity index (χ2n) is 8.42. The van der Waals surface area contributed by atoms with Crippen molar-refractivity contribution in [2.24, 2.45) is 0 Å². The Morgan fingerprint density at radius 2 is 1.54 bits per heavy atom. The van der Waals surface area contributed by atoms with E-state index in [9.17, 15) is 20.0 Å². The summed E-state index contributed by atoms with van der Waals surface area (Å²) in [7, 11) is 0. The number of carbonyl (C=O) groups is 2. The third-order valence-corrected chi connectivity index (χ3v) is 5.48. The van der Waals surface area contributed by atoms with Gasteiger partial charge in [0, 0.05) is 6.42 Å². The van der Waals surface area contributed by atoms with Crippen LogP contribution in [0.1, 0.15) is 78.9 Å². The number of phenols is 1. The Hall–Kier alpha value is -4.37. The number of nitriles is 1. The second kappa shape index (κ2) is 16.3. The van der Waals surface area contributed by atoms with Crippen LogP contribution < -0.4 is 4.74 Å². The van der Waals surface area contributed by atoms with Gasteiger partial charge in [0.15, 0.2) is 0 Å². The summed E-state index contributed by atoms with van der Waals surface area (Å²) in [5, 5.41) is 27.1. The Balaban J connectivity index is 0.000000371. The molecule has 6 nitrogen and oxygen atoms in total. The maximum atomic E-state index is 12.3. The van der Waals surface area contributed by atoms with Crippen LogP contribution in [0, 0.1) is 11.3 Å². The molecule has 0 amide bonds. The van der Waals surface area contributed by atoms with Crippen molar-refractivity contribution in [2.75, 3.05) is 0 Å². The Kier molecular flexibility index (Phi) is 12.7. The van der Waals surface area contributed by atoms with Gasteiger partial charge in [-0.15, -0.1) is 0 Å². The Morgan fingerprint density at radius 1 is 0.865 bits per heavy atom. The molecule has 0 saturated carbocycles. The number of benzene rings is 3. The van der Waals surface area contributed by atoms with Crippen LogP contribution in [-0.4, -0.2) is 22.2 Å². The van der Waals surface area contributed by atoms with Gasteiger partial charge >= 0.3 is 11.9 Å². The number of aliphatic carboxylic acids is 1. The van der Waals surface area contributed by atoms with Crippen LogP contribution in [-0.2, 0) is 4.79 Å². The predicted octanol–water partition coefficient (Wildman–Crippen LogP) is 7.48. The number of esters is 1. The molecule has 2 N–H and O–H groups in total. The fraction of sp³-hybridized carbons (Fsp3) is 0.258. The first kappa shape index (κ1) is 28.9. The minimum Gasteiger partial charge on any atom is -0.508 e. The summed E-state index contributed by atoms with van der Waals surface area (Å²) in [6.07, 6.45) is 11.0. The van der Waals surface area contributed by atoms with Crippen molar-refractivity contribution in [1.82, 2.24) is 0 Å². The first-order valence-electron chi connectivity index (χ1n) is 12.4. The number of ether oxygens (including phenoxy) is 1. The number of hydrogen-bond donors (Lipinski definition) is 2. The number of aromatic hydroxyl groups is 1. The molecule has 0 saturated heterocycles. The molecule has 0 unspecified atom stereocenters. The molecular formula is C31H33NO5. The van der Waals surface area contributed by atoms with Gasteiger partial charge in [-0.3, -0.25) is 4.79 Å². The smallest absolute Gasteiger partial charge is 0.343 e. The number of phenolic OH excluding ortho intramolecular Hbond substituents is 1. The maximum Gasteiger partial charge on any atom is 0.343 e. The summed E-state index contributed by atoms with van der Waals surface area (Å²) in [6.45, 7) is 2.18. The van der Waals surface area contributed by atoms with Gasteiger partial charge in [0.2, 0.25) is 0 Å². The zero-order valence-corrected chi connectivity index (χ0v) is 21.1. The van der Waals surface area contributed by atoms with E-state index in [1.165, 1.54) is 49.9 Å². The largest absolute Gasteiger partial charge is 0.508 e. The van der Waals surface area contributed by atoms with Crippen LogP contribution in [0.15, 0.2) is 72.8 Å². The number of nitrogens with zero attached hydrogens (tertiary/aromatic N) is 1. The quantitative estimate of drug-likeness (QED) is 0.123. The molecule has 0 aromatic heterocycles. The number of carboxylic acid groups (broad SMARTS) is 1. The lowest BCUT2D eigenvalue weighted by Crippen LogP contribution is -2.09. The lowest BCUT2D eigenvalue weighted by molar-refractivity contribution is -0.137. The zero-order valence-electron chi connectivity index (χ0n) is 21.1. The first-order chi connectivity index (χ1) is 17.9. The van der Waals surface area contributed by atoms with Crippen LogP contribution in [0.3, 0.4) is 0 Å². The minimum absolute atomic E-state index is 0.0623. The van der Waals surface area contributed by atoms with Gasteiger partial charge < -0.3 is 14.9 Å². The molecule has 192 valence electrons. The average molecular weight is 500 g/mol. The van der Waals surface area contributed by atoms with E-state index in [2.05, 4.69) is 13.0 Å². The van der Waals surface area contributed by atoms with E-state index in [0.29, 0.717) is 12.0 Å². The zero-order chi connectivity index (χ0) is 26.9. The SMILES string of the molecule is CCCCCCCCC(=O)O.N#Cc1c(C=Cc2ccccc2)cccc1OC(=O)c1ccc(O)cc1. The van der Waals surface area contributed by atoms with Gasteiger partial charge in [-0.2, -0.15) is 5.26 Å². The van der Waals surface area contributed by atoms with Gasteiger partial charge in [-0.1, -0.05) is 93.6 Å². The summed E-state index contributed by atoms with van der Waals surface area (Å²) < 4.78 is 5.38. The van der Waals surface area contributed by atoms with Crippen molar-refractivity contribution in [2.45, 2.75) is 51.9 Å². The normalized spacial score (nSPS) is 10.3. The first-order valence-corrected chi connectivity index (χ1v) is 12.4. The molecule has 0 aliphatic heterocycles. The Morgan fingerprint density at radius 3 is 2.19 bits per heavy atom. The molecular weight excluding hydrogens is 466 g/mol. The number of rotatable bonds is 11. The number of carbonyl (C=O) groups excluding carboxylic acids is 1. The van der Waals surface area contributed by atoms with Crippen molar-refractivity contribution < 1.29 is 24.5 Å². The van der Waals surface area contributed by atoms with Crippen LogP contribution in [0.4, 0.5) is 0 Å². The molecule has 0 spiro atoms. The summed E-state index contributed by atoms with van der Waals surface area (Å²) >= 11 is 0. The third kappa shape index (κ3) is 10.8. The van der Waals surface area contributed by atoms with Crippen molar-refractivity contribution in [3.05, 3.63) is 95.1 Å². The Labute approximate surface area is 218 Å². The summed E-state index contributed by atoms with van der Waals surface area (Å²) in [5.41, 5.74) is 2.24. The minimum atomic E-state index is -0.666. The predicted molar refractivity (Wildman–Crippen MR) is 145 cm³/mol. The number of unbranched alkanes of at least 4 members (excludes halogenated alkanes) is 5.